The van der Waals surface area contributed by atoms with Gasteiger partial charge in [-0.05, 0) is 64.9 Å². The molecular formula is C29H35IN2O9. The van der Waals surface area contributed by atoms with Crippen molar-refractivity contribution in [2.45, 2.75) is 31.1 Å². The first-order valence-electron chi connectivity index (χ1n) is 12.9. The molecule has 222 valence electrons. The molecule has 3 unspecified atom stereocenters. The number of hydrogen-bond donors (Lipinski definition) is 3. The van der Waals surface area contributed by atoms with Gasteiger partial charge in [0.15, 0.2) is 11.5 Å². The lowest BCUT2D eigenvalue weighted by Crippen LogP contribution is -2.56. The molecule has 0 saturated carbocycles. The number of carbonyl (C=O) groups is 3. The Labute approximate surface area is 252 Å². The molecule has 3 atom stereocenters. The molecule has 12 heteroatoms. The van der Waals surface area contributed by atoms with Gasteiger partial charge in [0.2, 0.25) is 11.8 Å². The number of aldehydes is 1. The predicted octanol–water partition coefficient (Wildman–Crippen LogP) is 1.75. The van der Waals surface area contributed by atoms with Crippen LogP contribution in [0, 0.1) is 3.57 Å². The molecule has 0 bridgehead atoms. The second-order valence-electron chi connectivity index (χ2n) is 9.29. The van der Waals surface area contributed by atoms with Crippen LogP contribution in [0.1, 0.15) is 22.3 Å². The topological polar surface area (TPSA) is 144 Å². The number of methoxy groups -OCH3 is 3. The summed E-state index contributed by atoms with van der Waals surface area (Å²) in [6.07, 6.45) is 0.410. The minimum atomic E-state index is -1.23. The van der Waals surface area contributed by atoms with Crippen LogP contribution < -0.4 is 19.5 Å². The number of nitrogens with one attached hydrogen (secondary N) is 1. The molecule has 3 rings (SSSR count). The van der Waals surface area contributed by atoms with Gasteiger partial charge in [-0.2, -0.15) is 0 Å². The number of benzene rings is 2. The smallest absolute Gasteiger partial charge is 0.248 e. The van der Waals surface area contributed by atoms with Gasteiger partial charge in [-0.3, -0.25) is 14.4 Å². The quantitative estimate of drug-likeness (QED) is 0.201. The van der Waals surface area contributed by atoms with Crippen LogP contribution in [0.5, 0.6) is 17.2 Å². The zero-order chi connectivity index (χ0) is 29.9. The summed E-state index contributed by atoms with van der Waals surface area (Å²) in [5, 5.41) is 23.4. The van der Waals surface area contributed by atoms with Gasteiger partial charge in [0.05, 0.1) is 30.4 Å². The van der Waals surface area contributed by atoms with Crippen LogP contribution in [0.2, 0.25) is 0 Å². The van der Waals surface area contributed by atoms with Crippen LogP contribution in [-0.4, -0.2) is 99.1 Å². The summed E-state index contributed by atoms with van der Waals surface area (Å²) in [5.41, 5.74) is 1.59. The highest BCUT2D eigenvalue weighted by atomic mass is 127. The maximum absolute atomic E-state index is 13.3. The molecule has 0 saturated heterocycles. The maximum Gasteiger partial charge on any atom is 0.248 e. The number of nitrogens with zero attached hydrogens (tertiary/aromatic N) is 1. The molecule has 0 radical (unpaired) electrons. The van der Waals surface area contributed by atoms with Crippen LogP contribution in [0.15, 0.2) is 48.0 Å². The molecule has 1 aliphatic rings. The van der Waals surface area contributed by atoms with E-state index < -0.39 is 24.2 Å². The number of ether oxygens (including phenoxy) is 4. The van der Waals surface area contributed by atoms with E-state index in [1.807, 2.05) is 46.9 Å². The summed E-state index contributed by atoms with van der Waals surface area (Å²) >= 11 is 2.00. The first-order chi connectivity index (χ1) is 19.8. The van der Waals surface area contributed by atoms with Crippen LogP contribution in [0.25, 0.3) is 0 Å². The highest BCUT2D eigenvalue weighted by Gasteiger charge is 2.40. The largest absolute Gasteiger partial charge is 0.497 e. The van der Waals surface area contributed by atoms with Crippen molar-refractivity contribution in [2.75, 3.05) is 47.6 Å². The zero-order valence-corrected chi connectivity index (χ0v) is 25.3. The van der Waals surface area contributed by atoms with Crippen molar-refractivity contribution >= 4 is 40.7 Å². The Morgan fingerprint density at radius 2 is 1.95 bits per heavy atom. The molecule has 0 fully saturated rings. The molecule has 11 nitrogen and oxygen atoms in total. The van der Waals surface area contributed by atoms with Gasteiger partial charge < -0.3 is 39.4 Å². The Morgan fingerprint density at radius 1 is 1.17 bits per heavy atom. The van der Waals surface area contributed by atoms with E-state index in [4.69, 9.17) is 18.9 Å². The first kappa shape index (κ1) is 32.3. The summed E-state index contributed by atoms with van der Waals surface area (Å²) in [7, 11) is 4.41. The van der Waals surface area contributed by atoms with E-state index in [1.54, 1.807) is 13.2 Å². The molecule has 0 heterocycles. The second kappa shape index (κ2) is 15.7. The number of halogens is 1. The van der Waals surface area contributed by atoms with Crippen LogP contribution >= 0.6 is 22.6 Å². The third-order valence-corrected chi connectivity index (χ3v) is 7.42. The fraction of sp³-hybridized carbons (Fsp3) is 0.414. The van der Waals surface area contributed by atoms with Crippen molar-refractivity contribution < 1.29 is 43.5 Å². The molecule has 2 amide bonds. The minimum absolute atomic E-state index is 0.0377. The van der Waals surface area contributed by atoms with E-state index in [0.29, 0.717) is 27.6 Å². The van der Waals surface area contributed by atoms with Crippen molar-refractivity contribution in [1.82, 2.24) is 10.2 Å². The van der Waals surface area contributed by atoms with E-state index in [-0.39, 0.29) is 55.7 Å². The number of hydrogen-bond acceptors (Lipinski definition) is 9. The Kier molecular flexibility index (Phi) is 12.4. The highest BCUT2D eigenvalue weighted by molar-refractivity contribution is 14.1. The molecule has 0 spiro atoms. The molecule has 3 N–H and O–H groups in total. The average Bonchev–Trinajstić information content (AvgIpc) is 2.98. The first-order valence-corrected chi connectivity index (χ1v) is 14.0. The van der Waals surface area contributed by atoms with Crippen molar-refractivity contribution in [1.29, 1.82) is 0 Å². The van der Waals surface area contributed by atoms with Gasteiger partial charge >= 0.3 is 0 Å². The average molecular weight is 683 g/mol. The summed E-state index contributed by atoms with van der Waals surface area (Å²) in [6.45, 7) is -0.204. The SMILES string of the molecule is COCC(=O)N(CCc1cccc(OC)c1)C1CC(C(=O)NCCO)=CC(Oc2c(I)cc(C=O)cc2OC)C1O. The fourth-order valence-electron chi connectivity index (χ4n) is 4.60. The van der Waals surface area contributed by atoms with Gasteiger partial charge in [0.1, 0.15) is 30.9 Å². The molecule has 0 aromatic heterocycles. The number of aliphatic hydroxyl groups is 2. The van der Waals surface area contributed by atoms with Gasteiger partial charge in [0.25, 0.3) is 0 Å². The number of aliphatic hydroxyl groups excluding tert-OH is 2. The molecule has 1 aliphatic carbocycles. The Bertz CT molecular complexity index is 1250. The Balaban J connectivity index is 1.99. The predicted molar refractivity (Wildman–Crippen MR) is 158 cm³/mol. The highest BCUT2D eigenvalue weighted by Crippen LogP contribution is 2.37. The number of carbonyl (C=O) groups excluding carboxylic acids is 3. The standard InChI is InChI=1S/C29H35IN2O9/c1-38-17-26(35)32(9-7-18-5-4-6-21(11-18)39-2)23-14-20(29(37)31-8-10-33)15-24(27(23)36)41-28-22(30)12-19(16-34)13-25(28)40-3/h4-6,11-13,15-16,23-24,27,33,36H,7-10,14,17H2,1-3H3,(H,31,37). The monoisotopic (exact) mass is 682 g/mol. The van der Waals surface area contributed by atoms with Crippen molar-refractivity contribution in [3.05, 3.63) is 62.7 Å². The van der Waals surface area contributed by atoms with Crippen molar-refractivity contribution in [3.8, 4) is 17.2 Å². The van der Waals surface area contributed by atoms with Crippen LogP contribution in [0.4, 0.5) is 0 Å². The molecule has 41 heavy (non-hydrogen) atoms. The lowest BCUT2D eigenvalue weighted by molar-refractivity contribution is -0.142. The summed E-state index contributed by atoms with van der Waals surface area (Å²) in [6, 6.07) is 9.74. The third-order valence-electron chi connectivity index (χ3n) is 6.62. The van der Waals surface area contributed by atoms with Gasteiger partial charge in [-0.1, -0.05) is 12.1 Å². The fourth-order valence-corrected chi connectivity index (χ4v) is 5.35. The third kappa shape index (κ3) is 8.41. The van der Waals surface area contributed by atoms with Gasteiger partial charge in [0, 0.05) is 37.8 Å². The van der Waals surface area contributed by atoms with Gasteiger partial charge in [-0.15, -0.1) is 0 Å². The van der Waals surface area contributed by atoms with E-state index in [0.717, 1.165) is 5.56 Å². The number of amides is 2. The van der Waals surface area contributed by atoms with Gasteiger partial charge in [-0.25, -0.2) is 0 Å². The Morgan fingerprint density at radius 3 is 2.61 bits per heavy atom. The zero-order valence-electron chi connectivity index (χ0n) is 23.2. The van der Waals surface area contributed by atoms with E-state index >= 15 is 0 Å². The minimum Gasteiger partial charge on any atom is -0.497 e. The Hall–Kier alpha value is -3.20. The summed E-state index contributed by atoms with van der Waals surface area (Å²) in [5.74, 6) is 0.421. The van der Waals surface area contributed by atoms with Crippen molar-refractivity contribution in [2.24, 2.45) is 0 Å². The number of rotatable bonds is 14. The van der Waals surface area contributed by atoms with Crippen LogP contribution in [0.3, 0.4) is 0 Å². The second-order valence-corrected chi connectivity index (χ2v) is 10.5. The molecule has 0 aliphatic heterocycles. The normalized spacial score (nSPS) is 18.2. The summed E-state index contributed by atoms with van der Waals surface area (Å²) in [4.78, 5) is 39.2. The molecule has 2 aromatic carbocycles. The lowest BCUT2D eigenvalue weighted by Gasteiger charge is -2.40. The van der Waals surface area contributed by atoms with E-state index in [9.17, 15) is 24.6 Å². The lowest BCUT2D eigenvalue weighted by atomic mass is 9.88. The van der Waals surface area contributed by atoms with Crippen molar-refractivity contribution in [3.63, 3.8) is 0 Å². The van der Waals surface area contributed by atoms with E-state index in [2.05, 4.69) is 5.32 Å². The van der Waals surface area contributed by atoms with Crippen LogP contribution in [-0.2, 0) is 20.7 Å². The maximum atomic E-state index is 13.3. The van der Waals surface area contributed by atoms with E-state index in [1.165, 1.54) is 31.3 Å². The summed E-state index contributed by atoms with van der Waals surface area (Å²) < 4.78 is 22.7. The molecular weight excluding hydrogens is 647 g/mol. The molecule has 2 aromatic rings.